The lowest BCUT2D eigenvalue weighted by Crippen LogP contribution is -2.54. The van der Waals surface area contributed by atoms with Gasteiger partial charge in [-0.15, -0.1) is 0 Å². The lowest BCUT2D eigenvalue weighted by atomic mass is 10.0. The van der Waals surface area contributed by atoms with Crippen molar-refractivity contribution in [2.24, 2.45) is 0 Å². The molecule has 1 N–H and O–H groups in total. The molecule has 5 rings (SSSR count). The molecule has 0 radical (unpaired) electrons. The number of hydrogen-bond acceptors (Lipinski definition) is 6. The van der Waals surface area contributed by atoms with Gasteiger partial charge in [0.05, 0.1) is 27.4 Å². The van der Waals surface area contributed by atoms with Gasteiger partial charge in [0.2, 0.25) is 5.91 Å². The van der Waals surface area contributed by atoms with Crippen LogP contribution in [0.4, 0.5) is 10.2 Å². The zero-order valence-electron chi connectivity index (χ0n) is 23.2. The molecule has 1 saturated heterocycles. The first kappa shape index (κ1) is 28.9. The Hall–Kier alpha value is -4.57. The minimum Gasteiger partial charge on any atom is -0.478 e. The van der Waals surface area contributed by atoms with Gasteiger partial charge in [-0.1, -0.05) is 55.8 Å². The number of amides is 1. The third-order valence-electron chi connectivity index (χ3n) is 7.41. The highest BCUT2D eigenvalue weighted by Gasteiger charge is 2.30. The van der Waals surface area contributed by atoms with Crippen LogP contribution in [0.25, 0.3) is 28.0 Å². The molecule has 0 saturated carbocycles. The lowest BCUT2D eigenvalue weighted by Gasteiger charge is -2.40. The summed E-state index contributed by atoms with van der Waals surface area (Å²) >= 11 is 6.72. The molecule has 216 valence electrons. The maximum atomic E-state index is 14.9. The van der Waals surface area contributed by atoms with E-state index in [2.05, 4.69) is 11.6 Å². The van der Waals surface area contributed by atoms with Gasteiger partial charge in [0, 0.05) is 31.2 Å². The number of aromatic nitrogens is 3. The molecule has 1 aliphatic heterocycles. The molecule has 9 nitrogen and oxygen atoms in total. The smallest absolute Gasteiger partial charge is 0.355 e. The van der Waals surface area contributed by atoms with Crippen LogP contribution in [0, 0.1) is 5.82 Å². The molecular formula is C31H29ClFN5O4. The van der Waals surface area contributed by atoms with Crippen LogP contribution < -0.4 is 10.6 Å². The molecule has 2 aromatic heterocycles. The van der Waals surface area contributed by atoms with Crippen LogP contribution in [-0.2, 0) is 11.2 Å². The van der Waals surface area contributed by atoms with E-state index in [0.717, 1.165) is 0 Å². The summed E-state index contributed by atoms with van der Waals surface area (Å²) in [6.07, 6.45) is 2.45. The molecule has 0 unspecified atom stereocenters. The molecule has 1 amide bonds. The summed E-state index contributed by atoms with van der Waals surface area (Å²) in [6.45, 7) is 8.53. The molecule has 4 aromatic rings. The predicted octanol–water partition coefficient (Wildman–Crippen LogP) is 5.11. The fraction of sp³-hybridized carbons (Fsp3) is 0.258. The number of aromatic carboxylic acids is 1. The van der Waals surface area contributed by atoms with Crippen molar-refractivity contribution in [3.8, 4) is 16.9 Å². The van der Waals surface area contributed by atoms with Gasteiger partial charge in [-0.3, -0.25) is 4.79 Å². The summed E-state index contributed by atoms with van der Waals surface area (Å²) in [5.41, 5.74) is 0.283. The first-order valence-corrected chi connectivity index (χ1v) is 14.0. The van der Waals surface area contributed by atoms with Crippen molar-refractivity contribution in [1.29, 1.82) is 0 Å². The Morgan fingerprint density at radius 3 is 2.60 bits per heavy atom. The molecule has 1 aliphatic rings. The van der Waals surface area contributed by atoms with Crippen LogP contribution in [0.15, 0.2) is 66.0 Å². The second kappa shape index (κ2) is 11.7. The Bertz CT molecular complexity index is 1790. The highest BCUT2D eigenvalue weighted by atomic mass is 35.5. The number of carbonyl (C=O) groups is 2. The first-order valence-electron chi connectivity index (χ1n) is 13.6. The molecule has 0 aliphatic carbocycles. The van der Waals surface area contributed by atoms with E-state index in [1.165, 1.54) is 28.8 Å². The van der Waals surface area contributed by atoms with E-state index in [1.807, 2.05) is 18.7 Å². The lowest BCUT2D eigenvalue weighted by molar-refractivity contribution is -0.126. The molecule has 0 bridgehead atoms. The SMILES string of the molecule is C=CC(=O)N1CCN(c2nc(=O)n(-c3c(CCC)cccc3C(=O)O)c3nc(-c4ccccc4F)c(Cl)cc23)[C@@H](C)C1. The van der Waals surface area contributed by atoms with Crippen LogP contribution in [0.2, 0.25) is 5.02 Å². The maximum Gasteiger partial charge on any atom is 0.355 e. The topological polar surface area (TPSA) is 109 Å². The van der Waals surface area contributed by atoms with Crippen LogP contribution in [0.3, 0.4) is 0 Å². The van der Waals surface area contributed by atoms with E-state index in [-0.39, 0.29) is 45.1 Å². The van der Waals surface area contributed by atoms with E-state index >= 15 is 0 Å². The van der Waals surface area contributed by atoms with Crippen molar-refractivity contribution in [2.45, 2.75) is 32.7 Å². The Balaban J connectivity index is 1.84. The number of para-hydroxylation sites is 1. The van der Waals surface area contributed by atoms with E-state index in [4.69, 9.17) is 16.6 Å². The molecule has 0 spiro atoms. The Morgan fingerprint density at radius 1 is 1.17 bits per heavy atom. The van der Waals surface area contributed by atoms with E-state index in [1.54, 1.807) is 35.2 Å². The van der Waals surface area contributed by atoms with Crippen LogP contribution >= 0.6 is 11.6 Å². The Kier molecular flexibility index (Phi) is 8.08. The third kappa shape index (κ3) is 5.14. The monoisotopic (exact) mass is 589 g/mol. The molecule has 1 fully saturated rings. The number of anilines is 1. The molecular weight excluding hydrogens is 561 g/mol. The van der Waals surface area contributed by atoms with E-state index in [9.17, 15) is 23.9 Å². The van der Waals surface area contributed by atoms with Gasteiger partial charge in [-0.25, -0.2) is 23.5 Å². The number of fused-ring (bicyclic) bond motifs is 1. The second-order valence-corrected chi connectivity index (χ2v) is 10.5. The fourth-order valence-corrected chi connectivity index (χ4v) is 5.72. The number of piperazine rings is 1. The second-order valence-electron chi connectivity index (χ2n) is 10.1. The number of aryl methyl sites for hydroxylation is 1. The highest BCUT2D eigenvalue weighted by molar-refractivity contribution is 6.33. The van der Waals surface area contributed by atoms with Crippen LogP contribution in [0.5, 0.6) is 0 Å². The van der Waals surface area contributed by atoms with Crippen LogP contribution in [-0.4, -0.2) is 62.1 Å². The standard InChI is InChI=1S/C31H29ClFN5O4/c1-4-9-19-10-8-12-21(30(40)41)27(19)38-29-22(16-23(32)26(34-29)20-11-6-7-13-24(20)33)28(35-31(38)42)37-15-14-36(17-18(37)3)25(39)5-2/h5-8,10-13,16,18H,2,4,9,14-15,17H2,1,3H3,(H,40,41)/t18-/m0/s1. The van der Waals surface area contributed by atoms with Crippen molar-refractivity contribution in [3.63, 3.8) is 0 Å². The average molecular weight is 590 g/mol. The van der Waals surface area contributed by atoms with Gasteiger partial charge >= 0.3 is 11.7 Å². The zero-order valence-corrected chi connectivity index (χ0v) is 23.9. The molecule has 42 heavy (non-hydrogen) atoms. The minimum absolute atomic E-state index is 0.0898. The highest BCUT2D eigenvalue weighted by Crippen LogP contribution is 2.36. The number of pyridine rings is 1. The average Bonchev–Trinajstić information content (AvgIpc) is 2.97. The van der Waals surface area contributed by atoms with Gasteiger partial charge < -0.3 is 14.9 Å². The minimum atomic E-state index is -1.22. The van der Waals surface area contributed by atoms with Crippen molar-refractivity contribution < 1.29 is 19.1 Å². The number of rotatable bonds is 7. The number of carboxylic acid groups (broad SMARTS) is 1. The number of carboxylic acids is 1. The largest absolute Gasteiger partial charge is 0.478 e. The van der Waals surface area contributed by atoms with E-state index in [0.29, 0.717) is 49.2 Å². The van der Waals surface area contributed by atoms with Gasteiger partial charge in [0.15, 0.2) is 5.65 Å². The molecule has 1 atom stereocenters. The summed E-state index contributed by atoms with van der Waals surface area (Å²) < 4.78 is 16.1. The fourth-order valence-electron chi connectivity index (χ4n) is 5.47. The summed E-state index contributed by atoms with van der Waals surface area (Å²) in [4.78, 5) is 51.3. The van der Waals surface area contributed by atoms with Gasteiger partial charge in [0.1, 0.15) is 11.6 Å². The molecule has 3 heterocycles. The van der Waals surface area contributed by atoms with Gasteiger partial charge in [-0.2, -0.15) is 4.98 Å². The van der Waals surface area contributed by atoms with E-state index < -0.39 is 17.5 Å². The summed E-state index contributed by atoms with van der Waals surface area (Å²) in [5.74, 6) is -1.66. The number of carbonyl (C=O) groups excluding carboxylic acids is 1. The van der Waals surface area contributed by atoms with Gasteiger partial charge in [0.25, 0.3) is 0 Å². The predicted molar refractivity (Wildman–Crippen MR) is 160 cm³/mol. The van der Waals surface area contributed by atoms with Gasteiger partial charge in [-0.05, 0) is 49.2 Å². The van der Waals surface area contributed by atoms with Crippen molar-refractivity contribution >= 4 is 40.3 Å². The zero-order chi connectivity index (χ0) is 30.1. The summed E-state index contributed by atoms with van der Waals surface area (Å²) in [5, 5.41) is 10.6. The molecule has 2 aromatic carbocycles. The summed E-state index contributed by atoms with van der Waals surface area (Å²) in [6, 6.07) is 12.2. The summed E-state index contributed by atoms with van der Waals surface area (Å²) in [7, 11) is 0. The normalized spacial score (nSPS) is 15.2. The number of halogens is 2. The number of benzene rings is 2. The van der Waals surface area contributed by atoms with Crippen molar-refractivity contribution in [3.05, 3.63) is 93.6 Å². The van der Waals surface area contributed by atoms with Crippen LogP contribution in [0.1, 0.15) is 36.2 Å². The quantitative estimate of drug-likeness (QED) is 0.298. The third-order valence-corrected chi connectivity index (χ3v) is 7.70. The Labute approximate surface area is 246 Å². The maximum absolute atomic E-state index is 14.9. The van der Waals surface area contributed by atoms with Crippen molar-refractivity contribution in [2.75, 3.05) is 24.5 Å². The Morgan fingerprint density at radius 2 is 1.93 bits per heavy atom. The van der Waals surface area contributed by atoms with Crippen molar-refractivity contribution in [1.82, 2.24) is 19.4 Å². The number of nitrogens with zero attached hydrogens (tertiary/aromatic N) is 5. The number of hydrogen-bond donors (Lipinski definition) is 1. The first-order chi connectivity index (χ1) is 20.2. The molecule has 11 heteroatoms.